The van der Waals surface area contributed by atoms with E-state index in [4.69, 9.17) is 18.9 Å². The number of hydrogen-bond donors (Lipinski definition) is 0. The van der Waals surface area contributed by atoms with Gasteiger partial charge in [0.15, 0.2) is 0 Å². The van der Waals surface area contributed by atoms with Crippen LogP contribution in [0.1, 0.15) is 98.8 Å². The standard InChI is InChI=1S/C52H60N2O6/c1-3-5-33-53(51(55)43-17-13-39(14-18-43)41-21-29-47(30-22-41)57-35-9-7-11-49-37-59-49)45-25-27-46(28-26-45)54(34-6-4-2)52(56)44-19-15-40(16-20-44)42-23-31-48(32-24-42)58-36-10-8-12-50-38-60-50/h13-32,49-50H,3-12,33-38H2,1-2H3. The molecule has 8 heteroatoms. The van der Waals surface area contributed by atoms with Gasteiger partial charge in [0, 0.05) is 35.6 Å². The monoisotopic (exact) mass is 808 g/mol. The van der Waals surface area contributed by atoms with Crippen molar-refractivity contribution in [2.75, 3.05) is 49.3 Å². The van der Waals surface area contributed by atoms with E-state index in [0.717, 1.165) is 123 Å². The smallest absolute Gasteiger partial charge is 0.258 e. The zero-order chi connectivity index (χ0) is 41.5. The minimum absolute atomic E-state index is 0.0454. The summed E-state index contributed by atoms with van der Waals surface area (Å²) in [4.78, 5) is 31.8. The van der Waals surface area contributed by atoms with Gasteiger partial charge in [-0.25, -0.2) is 0 Å². The van der Waals surface area contributed by atoms with E-state index in [0.29, 0.717) is 49.6 Å². The number of ether oxygens (including phenoxy) is 4. The molecule has 0 N–H and O–H groups in total. The number of carbonyl (C=O) groups excluding carboxylic acids is 2. The molecule has 2 unspecified atom stereocenters. The predicted molar refractivity (Wildman–Crippen MR) is 242 cm³/mol. The molecule has 2 aliphatic heterocycles. The lowest BCUT2D eigenvalue weighted by Crippen LogP contribution is -2.33. The van der Waals surface area contributed by atoms with Crippen molar-refractivity contribution in [3.63, 3.8) is 0 Å². The van der Waals surface area contributed by atoms with E-state index >= 15 is 0 Å². The minimum atomic E-state index is -0.0454. The Morgan fingerprint density at radius 1 is 0.483 bits per heavy atom. The van der Waals surface area contributed by atoms with Gasteiger partial charge in [-0.3, -0.25) is 9.59 Å². The lowest BCUT2D eigenvalue weighted by molar-refractivity contribution is 0.0978. The first-order valence-electron chi connectivity index (χ1n) is 22.1. The Bertz CT molecular complexity index is 1920. The minimum Gasteiger partial charge on any atom is -0.494 e. The highest BCUT2D eigenvalue weighted by Crippen LogP contribution is 2.29. The van der Waals surface area contributed by atoms with Gasteiger partial charge >= 0.3 is 0 Å². The van der Waals surface area contributed by atoms with Crippen molar-refractivity contribution < 1.29 is 28.5 Å². The molecule has 2 saturated heterocycles. The lowest BCUT2D eigenvalue weighted by atomic mass is 10.0. The second-order valence-electron chi connectivity index (χ2n) is 15.9. The van der Waals surface area contributed by atoms with Crippen LogP contribution in [0.2, 0.25) is 0 Å². The van der Waals surface area contributed by atoms with E-state index in [9.17, 15) is 9.59 Å². The normalized spacial score (nSPS) is 15.3. The summed E-state index contributed by atoms with van der Waals surface area (Å²) in [5, 5.41) is 0. The van der Waals surface area contributed by atoms with Gasteiger partial charge in [0.25, 0.3) is 11.8 Å². The second-order valence-corrected chi connectivity index (χ2v) is 15.9. The average Bonchev–Trinajstić information content (AvgIpc) is 4.25. The molecule has 0 saturated carbocycles. The van der Waals surface area contributed by atoms with Crippen LogP contribution in [-0.4, -0.2) is 63.5 Å². The fourth-order valence-corrected chi connectivity index (χ4v) is 7.35. The second kappa shape index (κ2) is 21.7. The first-order valence-corrected chi connectivity index (χ1v) is 22.1. The molecule has 314 valence electrons. The molecule has 0 spiro atoms. The summed E-state index contributed by atoms with van der Waals surface area (Å²) in [7, 11) is 0. The fourth-order valence-electron chi connectivity index (χ4n) is 7.35. The van der Waals surface area contributed by atoms with Gasteiger partial charge in [-0.05, 0) is 146 Å². The molecule has 60 heavy (non-hydrogen) atoms. The Kier molecular flexibility index (Phi) is 15.4. The topological polar surface area (TPSA) is 84.1 Å². The molecule has 2 aliphatic rings. The van der Waals surface area contributed by atoms with Crippen molar-refractivity contribution in [1.82, 2.24) is 0 Å². The lowest BCUT2D eigenvalue weighted by Gasteiger charge is -2.26. The maximum Gasteiger partial charge on any atom is 0.258 e. The van der Waals surface area contributed by atoms with Crippen LogP contribution in [-0.2, 0) is 9.47 Å². The largest absolute Gasteiger partial charge is 0.494 e. The van der Waals surface area contributed by atoms with E-state index in [1.165, 1.54) is 0 Å². The first kappa shape index (κ1) is 42.7. The molecule has 2 amide bonds. The number of hydrogen-bond acceptors (Lipinski definition) is 6. The van der Waals surface area contributed by atoms with Gasteiger partial charge in [0.05, 0.1) is 38.6 Å². The van der Waals surface area contributed by atoms with Crippen LogP contribution in [0.25, 0.3) is 22.3 Å². The number of epoxide rings is 2. The number of carbonyl (C=O) groups is 2. The highest BCUT2D eigenvalue weighted by molar-refractivity contribution is 6.08. The Labute approximate surface area is 356 Å². The van der Waals surface area contributed by atoms with E-state index in [-0.39, 0.29) is 11.8 Å². The van der Waals surface area contributed by atoms with Crippen LogP contribution in [0.5, 0.6) is 11.5 Å². The highest BCUT2D eigenvalue weighted by Gasteiger charge is 2.23. The quantitative estimate of drug-likeness (QED) is 0.0456. The van der Waals surface area contributed by atoms with Crippen molar-refractivity contribution in [3.05, 3.63) is 132 Å². The molecule has 5 aromatic rings. The fraction of sp³-hybridized carbons (Fsp3) is 0.385. The third kappa shape index (κ3) is 12.3. The molecule has 8 nitrogen and oxygen atoms in total. The Morgan fingerprint density at radius 2 is 0.817 bits per heavy atom. The average molecular weight is 809 g/mol. The third-order valence-electron chi connectivity index (χ3n) is 11.3. The van der Waals surface area contributed by atoms with Crippen molar-refractivity contribution in [2.24, 2.45) is 0 Å². The van der Waals surface area contributed by atoms with Crippen LogP contribution in [0.4, 0.5) is 11.4 Å². The van der Waals surface area contributed by atoms with E-state index in [2.05, 4.69) is 38.1 Å². The van der Waals surface area contributed by atoms with Gasteiger partial charge < -0.3 is 28.7 Å². The molecule has 5 aromatic carbocycles. The van der Waals surface area contributed by atoms with Gasteiger partial charge in [-0.15, -0.1) is 0 Å². The van der Waals surface area contributed by atoms with Gasteiger partial charge in [-0.2, -0.15) is 0 Å². The number of benzene rings is 5. The van der Waals surface area contributed by atoms with Crippen molar-refractivity contribution >= 4 is 23.2 Å². The highest BCUT2D eigenvalue weighted by atomic mass is 16.6. The Morgan fingerprint density at radius 3 is 1.13 bits per heavy atom. The number of unbranched alkanes of at least 4 members (excludes halogenated alkanes) is 4. The number of amides is 2. The zero-order valence-electron chi connectivity index (χ0n) is 35.4. The zero-order valence-corrected chi connectivity index (χ0v) is 35.4. The van der Waals surface area contributed by atoms with Crippen molar-refractivity contribution in [3.8, 4) is 33.8 Å². The van der Waals surface area contributed by atoms with Crippen LogP contribution >= 0.6 is 0 Å². The maximum absolute atomic E-state index is 14.0. The Balaban J connectivity index is 0.964. The summed E-state index contributed by atoms with van der Waals surface area (Å²) in [6.07, 6.45) is 11.1. The summed E-state index contributed by atoms with van der Waals surface area (Å²) in [5.41, 5.74) is 7.11. The molecular weight excluding hydrogens is 749 g/mol. The van der Waals surface area contributed by atoms with Gasteiger partial charge in [-0.1, -0.05) is 75.2 Å². The Hall–Kier alpha value is -5.44. The predicted octanol–water partition coefficient (Wildman–Crippen LogP) is 11.8. The van der Waals surface area contributed by atoms with Crippen LogP contribution < -0.4 is 19.3 Å². The molecule has 0 bridgehead atoms. The molecule has 2 fully saturated rings. The molecule has 7 rings (SSSR count). The van der Waals surface area contributed by atoms with E-state index < -0.39 is 0 Å². The summed E-state index contributed by atoms with van der Waals surface area (Å²) in [6, 6.07) is 39.8. The van der Waals surface area contributed by atoms with Crippen LogP contribution in [0.3, 0.4) is 0 Å². The summed E-state index contributed by atoms with van der Waals surface area (Å²) in [5.74, 6) is 1.64. The third-order valence-corrected chi connectivity index (χ3v) is 11.3. The molecule has 2 heterocycles. The van der Waals surface area contributed by atoms with E-state index in [1.807, 2.05) is 107 Å². The van der Waals surface area contributed by atoms with E-state index in [1.54, 1.807) is 0 Å². The summed E-state index contributed by atoms with van der Waals surface area (Å²) < 4.78 is 22.5. The number of nitrogens with zero attached hydrogens (tertiary/aromatic N) is 2. The maximum atomic E-state index is 14.0. The number of rotatable bonds is 24. The number of anilines is 2. The SMILES string of the molecule is CCCCN(C(=O)c1ccc(-c2ccc(OCCCCC3CO3)cc2)cc1)c1ccc(N(CCCC)C(=O)c2ccc(-c3ccc(OCCCCC4CO4)cc3)cc2)cc1. The van der Waals surface area contributed by atoms with Crippen LogP contribution in [0.15, 0.2) is 121 Å². The van der Waals surface area contributed by atoms with Crippen molar-refractivity contribution in [2.45, 2.75) is 90.3 Å². The van der Waals surface area contributed by atoms with Gasteiger partial charge in [0.1, 0.15) is 11.5 Å². The molecule has 2 atom stereocenters. The first-order chi connectivity index (χ1) is 29.5. The van der Waals surface area contributed by atoms with Crippen LogP contribution in [0, 0.1) is 0 Å². The molecule has 0 radical (unpaired) electrons. The molecule has 0 aromatic heterocycles. The van der Waals surface area contributed by atoms with Gasteiger partial charge in [0.2, 0.25) is 0 Å². The summed E-state index contributed by atoms with van der Waals surface area (Å²) >= 11 is 0. The molecular formula is C52H60N2O6. The van der Waals surface area contributed by atoms with Crippen molar-refractivity contribution in [1.29, 1.82) is 0 Å². The molecule has 0 aliphatic carbocycles. The summed E-state index contributed by atoms with van der Waals surface area (Å²) in [6.45, 7) is 8.69.